The third-order valence-corrected chi connectivity index (χ3v) is 10.5. The van der Waals surface area contributed by atoms with E-state index in [-0.39, 0.29) is 19.1 Å². The van der Waals surface area contributed by atoms with Gasteiger partial charge in [-0.2, -0.15) is 0 Å². The van der Waals surface area contributed by atoms with Crippen molar-refractivity contribution in [3.63, 3.8) is 0 Å². The molecule has 0 aliphatic heterocycles. The van der Waals surface area contributed by atoms with Gasteiger partial charge in [0.1, 0.15) is 13.2 Å². The Labute approximate surface area is 310 Å². The molecule has 0 aromatic carbocycles. The van der Waals surface area contributed by atoms with E-state index in [0.717, 1.165) is 51.4 Å². The highest BCUT2D eigenvalue weighted by atomic mass is 31.2. The van der Waals surface area contributed by atoms with Crippen LogP contribution >= 0.6 is 7.82 Å². The summed E-state index contributed by atoms with van der Waals surface area (Å²) in [6.07, 6.45) is 36.6. The molecular formula is C41H84N2O6P+. The van der Waals surface area contributed by atoms with Gasteiger partial charge in [-0.05, 0) is 38.5 Å². The van der Waals surface area contributed by atoms with Crippen LogP contribution in [0.1, 0.15) is 194 Å². The maximum atomic E-state index is 12.8. The van der Waals surface area contributed by atoms with Crippen LogP contribution in [0.5, 0.6) is 0 Å². The molecule has 0 aromatic heterocycles. The first-order valence-electron chi connectivity index (χ1n) is 21.1. The monoisotopic (exact) mass is 732 g/mol. The fraction of sp³-hybridized carbons (Fsp3) is 0.927. The second-order valence-electron chi connectivity index (χ2n) is 15.7. The quantitative estimate of drug-likeness (QED) is 0.0253. The molecule has 0 aliphatic rings. The topological polar surface area (TPSA) is 105 Å². The Balaban J connectivity index is 4.34. The number of carbonyl (C=O) groups excluding carboxylic acids is 1. The molecule has 3 N–H and O–H groups in total. The molecule has 0 rings (SSSR count). The standard InChI is InChI=1S/C41H83N2O6P/c1-6-8-10-12-14-16-18-19-20-21-22-23-24-25-27-29-31-33-35-41(45)42-39(38-49-50(46,47)48-37-36-43(3,4)5)40(44)34-32-30-28-26-17-15-13-11-9-7-2/h22-23,39-40,44H,6-21,24-38H2,1-5H3,(H-,42,45,46,47)/p+1/b23-22-. The molecule has 9 heteroatoms. The van der Waals surface area contributed by atoms with E-state index in [4.69, 9.17) is 9.05 Å². The highest BCUT2D eigenvalue weighted by Crippen LogP contribution is 2.43. The van der Waals surface area contributed by atoms with Crippen molar-refractivity contribution in [3.8, 4) is 0 Å². The summed E-state index contributed by atoms with van der Waals surface area (Å²) in [4.78, 5) is 23.0. The third-order valence-electron chi connectivity index (χ3n) is 9.51. The fourth-order valence-corrected chi connectivity index (χ4v) is 6.83. The number of hydrogen-bond acceptors (Lipinski definition) is 5. The van der Waals surface area contributed by atoms with E-state index < -0.39 is 20.0 Å². The van der Waals surface area contributed by atoms with E-state index in [1.165, 1.54) is 116 Å². The Morgan fingerprint density at radius 2 is 1.08 bits per heavy atom. The lowest BCUT2D eigenvalue weighted by Gasteiger charge is -2.26. The molecule has 298 valence electrons. The zero-order chi connectivity index (χ0) is 37.2. The average molecular weight is 732 g/mol. The van der Waals surface area contributed by atoms with E-state index in [1.807, 2.05) is 21.1 Å². The number of rotatable bonds is 38. The maximum absolute atomic E-state index is 12.8. The van der Waals surface area contributed by atoms with Crippen LogP contribution in [0, 0.1) is 0 Å². The Morgan fingerprint density at radius 1 is 0.660 bits per heavy atom. The highest BCUT2D eigenvalue weighted by molar-refractivity contribution is 7.47. The SMILES string of the molecule is CCCCCCCCCCC/C=C\CCCCCCCC(=O)NC(COP(=O)(O)OCC[N+](C)(C)C)C(O)CCCCCCCCCCCC. The van der Waals surface area contributed by atoms with Gasteiger partial charge in [-0.15, -0.1) is 0 Å². The van der Waals surface area contributed by atoms with Crippen LogP contribution in [0.2, 0.25) is 0 Å². The number of aliphatic hydroxyl groups excluding tert-OH is 1. The molecule has 0 spiro atoms. The van der Waals surface area contributed by atoms with Crippen molar-refractivity contribution in [1.82, 2.24) is 5.32 Å². The normalized spacial score (nSPS) is 14.6. The van der Waals surface area contributed by atoms with Crippen LogP contribution in [0.25, 0.3) is 0 Å². The number of likely N-dealkylation sites (N-methyl/N-ethyl adjacent to an activating group) is 1. The summed E-state index contributed by atoms with van der Waals surface area (Å²) in [6, 6.07) is -0.758. The molecule has 0 radical (unpaired) electrons. The van der Waals surface area contributed by atoms with Crippen LogP contribution in [0.4, 0.5) is 0 Å². The molecule has 0 fully saturated rings. The van der Waals surface area contributed by atoms with Gasteiger partial charge in [0.05, 0.1) is 39.9 Å². The van der Waals surface area contributed by atoms with E-state index in [1.54, 1.807) is 0 Å². The molecule has 0 saturated carbocycles. The molecule has 8 nitrogen and oxygen atoms in total. The molecule has 1 amide bonds. The van der Waals surface area contributed by atoms with Crippen molar-refractivity contribution in [2.24, 2.45) is 0 Å². The van der Waals surface area contributed by atoms with Gasteiger partial charge in [-0.25, -0.2) is 4.57 Å². The van der Waals surface area contributed by atoms with Gasteiger partial charge in [-0.3, -0.25) is 13.8 Å². The zero-order valence-electron chi connectivity index (χ0n) is 33.7. The second-order valence-corrected chi connectivity index (χ2v) is 17.2. The predicted octanol–water partition coefficient (Wildman–Crippen LogP) is 11.2. The number of unbranched alkanes of at least 4 members (excludes halogenated alkanes) is 23. The minimum Gasteiger partial charge on any atom is -0.391 e. The van der Waals surface area contributed by atoms with E-state index in [9.17, 15) is 19.4 Å². The van der Waals surface area contributed by atoms with Crippen molar-refractivity contribution in [2.75, 3.05) is 40.9 Å². The van der Waals surface area contributed by atoms with Crippen LogP contribution in [0.3, 0.4) is 0 Å². The van der Waals surface area contributed by atoms with Crippen molar-refractivity contribution in [3.05, 3.63) is 12.2 Å². The van der Waals surface area contributed by atoms with Crippen LogP contribution in [-0.2, 0) is 18.4 Å². The highest BCUT2D eigenvalue weighted by Gasteiger charge is 2.28. The van der Waals surface area contributed by atoms with Gasteiger partial charge in [-0.1, -0.05) is 161 Å². The number of phosphoric ester groups is 1. The van der Waals surface area contributed by atoms with Gasteiger partial charge in [0, 0.05) is 6.42 Å². The number of hydrogen-bond donors (Lipinski definition) is 3. The molecule has 0 bridgehead atoms. The minimum atomic E-state index is -4.30. The number of carbonyl (C=O) groups is 1. The first kappa shape index (κ1) is 49.2. The molecule has 50 heavy (non-hydrogen) atoms. The third kappa shape index (κ3) is 35.6. The lowest BCUT2D eigenvalue weighted by molar-refractivity contribution is -0.870. The number of amides is 1. The Hall–Kier alpha value is -0.760. The largest absolute Gasteiger partial charge is 0.472 e. The second kappa shape index (κ2) is 34.0. The van der Waals surface area contributed by atoms with Crippen LogP contribution in [-0.4, -0.2) is 73.4 Å². The van der Waals surface area contributed by atoms with Gasteiger partial charge in [0.25, 0.3) is 0 Å². The minimum absolute atomic E-state index is 0.0745. The van der Waals surface area contributed by atoms with Crippen LogP contribution in [0.15, 0.2) is 12.2 Å². The van der Waals surface area contributed by atoms with Crippen molar-refractivity contribution in [2.45, 2.75) is 206 Å². The number of allylic oxidation sites excluding steroid dienone is 2. The molecule has 0 saturated heterocycles. The number of phosphoric acid groups is 1. The Bertz CT molecular complexity index is 834. The number of quaternary nitrogens is 1. The molecule has 0 heterocycles. The van der Waals surface area contributed by atoms with E-state index >= 15 is 0 Å². The Morgan fingerprint density at radius 3 is 1.54 bits per heavy atom. The van der Waals surface area contributed by atoms with Gasteiger partial charge in [0.15, 0.2) is 0 Å². The summed E-state index contributed by atoms with van der Waals surface area (Å²) in [6.45, 7) is 4.86. The molecule has 0 aromatic rings. The predicted molar refractivity (Wildman–Crippen MR) is 212 cm³/mol. The fourth-order valence-electron chi connectivity index (χ4n) is 6.10. The first-order chi connectivity index (χ1) is 24.0. The Kier molecular flexibility index (Phi) is 33.5. The van der Waals surface area contributed by atoms with Crippen molar-refractivity contribution in [1.29, 1.82) is 0 Å². The molecule has 3 atom stereocenters. The van der Waals surface area contributed by atoms with Gasteiger partial charge < -0.3 is 19.8 Å². The molecular weight excluding hydrogens is 647 g/mol. The lowest BCUT2D eigenvalue weighted by atomic mass is 10.0. The van der Waals surface area contributed by atoms with Gasteiger partial charge in [0.2, 0.25) is 5.91 Å². The summed E-state index contributed by atoms with van der Waals surface area (Å²) in [7, 11) is 1.61. The summed E-state index contributed by atoms with van der Waals surface area (Å²) < 4.78 is 23.5. The summed E-state index contributed by atoms with van der Waals surface area (Å²) in [5.41, 5.74) is 0. The summed E-state index contributed by atoms with van der Waals surface area (Å²) in [5, 5.41) is 13.9. The van der Waals surface area contributed by atoms with Crippen molar-refractivity contribution < 1.29 is 32.9 Å². The molecule has 3 unspecified atom stereocenters. The van der Waals surface area contributed by atoms with Gasteiger partial charge >= 0.3 is 7.82 Å². The molecule has 0 aliphatic carbocycles. The average Bonchev–Trinajstić information content (AvgIpc) is 3.06. The summed E-state index contributed by atoms with van der Waals surface area (Å²) in [5.74, 6) is -0.154. The number of nitrogens with zero attached hydrogens (tertiary/aromatic N) is 1. The summed E-state index contributed by atoms with van der Waals surface area (Å²) >= 11 is 0. The first-order valence-corrected chi connectivity index (χ1v) is 22.5. The lowest BCUT2D eigenvalue weighted by Crippen LogP contribution is -2.46. The van der Waals surface area contributed by atoms with E-state index in [0.29, 0.717) is 23.9 Å². The van der Waals surface area contributed by atoms with E-state index in [2.05, 4.69) is 31.3 Å². The van der Waals surface area contributed by atoms with Crippen molar-refractivity contribution >= 4 is 13.7 Å². The number of aliphatic hydroxyl groups is 1. The smallest absolute Gasteiger partial charge is 0.391 e. The number of nitrogens with one attached hydrogen (secondary N) is 1. The van der Waals surface area contributed by atoms with Crippen LogP contribution < -0.4 is 5.32 Å². The maximum Gasteiger partial charge on any atom is 0.472 e. The zero-order valence-corrected chi connectivity index (χ0v) is 34.5.